The summed E-state index contributed by atoms with van der Waals surface area (Å²) in [4.78, 5) is 11.0. The van der Waals surface area contributed by atoms with Gasteiger partial charge in [-0.1, -0.05) is 13.8 Å². The minimum absolute atomic E-state index is 0.00713. The Kier molecular flexibility index (Phi) is 4.42. The molecule has 0 saturated carbocycles. The fourth-order valence-corrected chi connectivity index (χ4v) is 2.14. The molecule has 19 heavy (non-hydrogen) atoms. The van der Waals surface area contributed by atoms with E-state index in [4.69, 9.17) is 10.8 Å². The van der Waals surface area contributed by atoms with Crippen LogP contribution < -0.4 is 5.73 Å². The van der Waals surface area contributed by atoms with Gasteiger partial charge < -0.3 is 21.1 Å². The number of hydrogen-bond acceptors (Lipinski definition) is 4. The molecule has 1 aromatic carbocycles. The minimum Gasteiger partial charge on any atom is -0.508 e. The first-order valence-corrected chi connectivity index (χ1v) is 6.18. The molecule has 0 spiro atoms. The minimum atomic E-state index is -1.29. The van der Waals surface area contributed by atoms with Gasteiger partial charge in [0, 0.05) is 6.07 Å². The lowest BCUT2D eigenvalue weighted by Gasteiger charge is -2.27. The Morgan fingerprint density at radius 3 is 2.16 bits per heavy atom. The molecule has 0 bridgehead atoms. The highest BCUT2D eigenvalue weighted by Gasteiger charge is 2.32. The van der Waals surface area contributed by atoms with Gasteiger partial charge in [0.15, 0.2) is 0 Å². The van der Waals surface area contributed by atoms with Gasteiger partial charge in [-0.05, 0) is 42.9 Å². The standard InChI is InChI=1S/C14H21NO4/c1-8(7-14(3,15)13(18)19)9(2)10-4-11(16)6-12(17)5-10/h4-6,8-9,16-17H,7,15H2,1-3H3,(H,18,19). The van der Waals surface area contributed by atoms with Gasteiger partial charge >= 0.3 is 5.97 Å². The van der Waals surface area contributed by atoms with Crippen LogP contribution in [0.15, 0.2) is 18.2 Å². The Labute approximate surface area is 112 Å². The van der Waals surface area contributed by atoms with Gasteiger partial charge in [0.25, 0.3) is 0 Å². The number of phenols is 2. The van der Waals surface area contributed by atoms with Crippen LogP contribution in [-0.2, 0) is 4.79 Å². The second kappa shape index (κ2) is 5.48. The van der Waals surface area contributed by atoms with Crippen molar-refractivity contribution in [1.82, 2.24) is 0 Å². The summed E-state index contributed by atoms with van der Waals surface area (Å²) in [5.74, 6) is -1.09. The third kappa shape index (κ3) is 3.86. The lowest BCUT2D eigenvalue weighted by atomic mass is 9.80. The zero-order valence-electron chi connectivity index (χ0n) is 11.4. The summed E-state index contributed by atoms with van der Waals surface area (Å²) in [6, 6.07) is 4.39. The Balaban J connectivity index is 2.87. The molecular formula is C14H21NO4. The molecular weight excluding hydrogens is 246 g/mol. The molecule has 0 amide bonds. The number of aliphatic carboxylic acids is 1. The third-order valence-corrected chi connectivity index (χ3v) is 3.54. The van der Waals surface area contributed by atoms with Crippen molar-refractivity contribution in [3.8, 4) is 11.5 Å². The van der Waals surface area contributed by atoms with Crippen LogP contribution in [0, 0.1) is 5.92 Å². The molecule has 0 heterocycles. The summed E-state index contributed by atoms with van der Waals surface area (Å²) in [5.41, 5.74) is 5.21. The predicted octanol–water partition coefficient (Wildman–Crippen LogP) is 2.03. The van der Waals surface area contributed by atoms with E-state index < -0.39 is 11.5 Å². The maximum absolute atomic E-state index is 11.0. The second-order valence-electron chi connectivity index (χ2n) is 5.48. The zero-order valence-corrected chi connectivity index (χ0v) is 11.4. The lowest BCUT2D eigenvalue weighted by molar-refractivity contribution is -0.143. The molecule has 3 atom stereocenters. The van der Waals surface area contributed by atoms with Crippen LogP contribution in [-0.4, -0.2) is 26.8 Å². The number of nitrogens with two attached hydrogens (primary N) is 1. The average molecular weight is 267 g/mol. The first kappa shape index (κ1) is 15.3. The van der Waals surface area contributed by atoms with Gasteiger partial charge in [-0.2, -0.15) is 0 Å². The number of carbonyl (C=O) groups is 1. The van der Waals surface area contributed by atoms with Crippen molar-refractivity contribution >= 4 is 5.97 Å². The van der Waals surface area contributed by atoms with Crippen LogP contribution in [0.4, 0.5) is 0 Å². The van der Waals surface area contributed by atoms with E-state index in [9.17, 15) is 15.0 Å². The van der Waals surface area contributed by atoms with E-state index in [0.717, 1.165) is 5.56 Å². The molecule has 0 fully saturated rings. The molecule has 0 saturated heterocycles. The molecule has 106 valence electrons. The second-order valence-corrected chi connectivity index (χ2v) is 5.48. The quantitative estimate of drug-likeness (QED) is 0.653. The molecule has 0 aliphatic rings. The van der Waals surface area contributed by atoms with E-state index in [1.807, 2.05) is 13.8 Å². The number of phenolic OH excluding ortho intramolecular Hbond substituents is 2. The van der Waals surface area contributed by atoms with Crippen molar-refractivity contribution < 1.29 is 20.1 Å². The average Bonchev–Trinajstić information content (AvgIpc) is 2.25. The first-order valence-electron chi connectivity index (χ1n) is 6.18. The Morgan fingerprint density at radius 2 is 1.74 bits per heavy atom. The first-order chi connectivity index (χ1) is 8.63. The third-order valence-electron chi connectivity index (χ3n) is 3.54. The van der Waals surface area contributed by atoms with Gasteiger partial charge in [-0.25, -0.2) is 0 Å². The number of carboxylic acid groups (broad SMARTS) is 1. The van der Waals surface area contributed by atoms with Crippen LogP contribution in [0.2, 0.25) is 0 Å². The van der Waals surface area contributed by atoms with Crippen molar-refractivity contribution in [3.63, 3.8) is 0 Å². The molecule has 0 radical (unpaired) electrons. The highest BCUT2D eigenvalue weighted by molar-refractivity contribution is 5.77. The number of aromatic hydroxyl groups is 2. The summed E-state index contributed by atoms with van der Waals surface area (Å²) >= 11 is 0. The van der Waals surface area contributed by atoms with Crippen LogP contribution in [0.5, 0.6) is 11.5 Å². The molecule has 3 unspecified atom stereocenters. The lowest BCUT2D eigenvalue weighted by Crippen LogP contribution is -2.46. The summed E-state index contributed by atoms with van der Waals surface area (Å²) in [7, 11) is 0. The molecule has 5 heteroatoms. The molecule has 1 aromatic rings. The van der Waals surface area contributed by atoms with Gasteiger partial charge in [-0.15, -0.1) is 0 Å². The monoisotopic (exact) mass is 267 g/mol. The maximum Gasteiger partial charge on any atom is 0.323 e. The number of rotatable bonds is 5. The van der Waals surface area contributed by atoms with Crippen molar-refractivity contribution in [3.05, 3.63) is 23.8 Å². The van der Waals surface area contributed by atoms with Crippen molar-refractivity contribution in [2.75, 3.05) is 0 Å². The van der Waals surface area contributed by atoms with E-state index >= 15 is 0 Å². The Bertz CT molecular complexity index is 450. The number of hydrogen-bond donors (Lipinski definition) is 4. The largest absolute Gasteiger partial charge is 0.508 e. The highest BCUT2D eigenvalue weighted by Crippen LogP contribution is 2.33. The van der Waals surface area contributed by atoms with Crippen LogP contribution in [0.1, 0.15) is 38.7 Å². The number of carboxylic acids is 1. The van der Waals surface area contributed by atoms with Gasteiger partial charge in [0.05, 0.1) is 0 Å². The van der Waals surface area contributed by atoms with Gasteiger partial charge in [-0.3, -0.25) is 4.79 Å². The summed E-state index contributed by atoms with van der Waals surface area (Å²) < 4.78 is 0. The van der Waals surface area contributed by atoms with E-state index in [1.165, 1.54) is 13.0 Å². The van der Waals surface area contributed by atoms with Gasteiger partial charge in [0.2, 0.25) is 0 Å². The van der Waals surface area contributed by atoms with Crippen LogP contribution in [0.25, 0.3) is 0 Å². The van der Waals surface area contributed by atoms with E-state index in [2.05, 4.69) is 0 Å². The zero-order chi connectivity index (χ0) is 14.8. The van der Waals surface area contributed by atoms with Gasteiger partial charge in [0.1, 0.15) is 17.0 Å². The SMILES string of the molecule is CC(CC(C)(N)C(=O)O)C(C)c1cc(O)cc(O)c1. The number of benzene rings is 1. The van der Waals surface area contributed by atoms with Crippen molar-refractivity contribution in [2.45, 2.75) is 38.6 Å². The smallest absolute Gasteiger partial charge is 0.323 e. The molecule has 0 aliphatic heterocycles. The van der Waals surface area contributed by atoms with E-state index in [-0.39, 0.29) is 23.3 Å². The molecule has 0 aliphatic carbocycles. The molecule has 0 aromatic heterocycles. The Morgan fingerprint density at radius 1 is 1.26 bits per heavy atom. The summed E-state index contributed by atoms with van der Waals surface area (Å²) in [6.45, 7) is 5.30. The van der Waals surface area contributed by atoms with Crippen LogP contribution in [0.3, 0.4) is 0 Å². The fraction of sp³-hybridized carbons (Fsp3) is 0.500. The topological polar surface area (TPSA) is 104 Å². The van der Waals surface area contributed by atoms with E-state index in [1.54, 1.807) is 12.1 Å². The van der Waals surface area contributed by atoms with Crippen molar-refractivity contribution in [2.24, 2.45) is 11.7 Å². The summed E-state index contributed by atoms with van der Waals surface area (Å²) in [5, 5.41) is 28.0. The highest BCUT2D eigenvalue weighted by atomic mass is 16.4. The predicted molar refractivity (Wildman–Crippen MR) is 72.2 cm³/mol. The summed E-state index contributed by atoms with van der Waals surface area (Å²) in [6.07, 6.45) is 0.305. The van der Waals surface area contributed by atoms with Crippen LogP contribution >= 0.6 is 0 Å². The van der Waals surface area contributed by atoms with Crippen molar-refractivity contribution in [1.29, 1.82) is 0 Å². The molecule has 5 N–H and O–H groups in total. The fourth-order valence-electron chi connectivity index (χ4n) is 2.14. The van der Waals surface area contributed by atoms with E-state index in [0.29, 0.717) is 6.42 Å². The normalized spacial score (nSPS) is 17.5. The Hall–Kier alpha value is -1.75. The maximum atomic E-state index is 11.0. The molecule has 5 nitrogen and oxygen atoms in total. The molecule has 1 rings (SSSR count).